The van der Waals surface area contributed by atoms with Crippen molar-refractivity contribution in [2.75, 3.05) is 14.2 Å². The fourth-order valence-corrected chi connectivity index (χ4v) is 0.422. The Kier molecular flexibility index (Phi) is 3.92. The van der Waals surface area contributed by atoms with Crippen LogP contribution >= 0.6 is 0 Å². The first kappa shape index (κ1) is 11.1. The fraction of sp³-hybridized carbons (Fsp3) is 0.625. The zero-order valence-corrected chi connectivity index (χ0v) is 7.84. The van der Waals surface area contributed by atoms with Crippen LogP contribution in [0.1, 0.15) is 13.8 Å². The summed E-state index contributed by atoms with van der Waals surface area (Å²) >= 11 is 0. The van der Waals surface area contributed by atoms with Crippen molar-refractivity contribution in [3.05, 3.63) is 12.2 Å². The average Bonchev–Trinajstić information content (AvgIpc) is 2.04. The molecule has 0 aromatic carbocycles. The quantitative estimate of drug-likeness (QED) is 0.363. The van der Waals surface area contributed by atoms with Crippen molar-refractivity contribution >= 4 is 5.97 Å². The highest BCUT2D eigenvalue weighted by molar-refractivity contribution is 5.87. The molecule has 0 fully saturated rings. The normalized spacial score (nSPS) is 11.0. The number of rotatable bonds is 4. The highest BCUT2D eigenvalue weighted by Crippen LogP contribution is 2.13. The summed E-state index contributed by atoms with van der Waals surface area (Å²) in [7, 11) is 2.77. The summed E-state index contributed by atoms with van der Waals surface area (Å²) in [6.45, 7) is 6.47. The van der Waals surface area contributed by atoms with Gasteiger partial charge in [-0.3, -0.25) is 0 Å². The molecule has 0 aliphatic carbocycles. The predicted molar refractivity (Wildman–Crippen MR) is 43.3 cm³/mol. The van der Waals surface area contributed by atoms with Crippen LogP contribution < -0.4 is 0 Å². The van der Waals surface area contributed by atoms with Crippen molar-refractivity contribution in [1.29, 1.82) is 0 Å². The van der Waals surface area contributed by atoms with Crippen LogP contribution in [-0.4, -0.2) is 26.2 Å². The summed E-state index contributed by atoms with van der Waals surface area (Å²) in [5, 5.41) is 0. The summed E-state index contributed by atoms with van der Waals surface area (Å²) in [5.41, 5.74) is 0.301. The predicted octanol–water partition coefficient (Wildman–Crippen LogP) is 1.07. The minimum absolute atomic E-state index is 0.301. The van der Waals surface area contributed by atoms with Gasteiger partial charge in [0.15, 0.2) is 0 Å². The molecule has 0 atom stereocenters. The molecule has 0 unspecified atom stereocenters. The van der Waals surface area contributed by atoms with Crippen LogP contribution in [-0.2, 0) is 19.0 Å². The van der Waals surface area contributed by atoms with Crippen molar-refractivity contribution in [3.8, 4) is 0 Å². The van der Waals surface area contributed by atoms with E-state index >= 15 is 0 Å². The Balaban J connectivity index is 4.21. The second-order valence-corrected chi connectivity index (χ2v) is 2.44. The zero-order valence-electron chi connectivity index (χ0n) is 7.84. The third-order valence-electron chi connectivity index (χ3n) is 1.37. The third-order valence-corrected chi connectivity index (χ3v) is 1.37. The van der Waals surface area contributed by atoms with E-state index in [-0.39, 0.29) is 0 Å². The number of methoxy groups -OCH3 is 2. The van der Waals surface area contributed by atoms with Gasteiger partial charge in [-0.15, -0.1) is 0 Å². The van der Waals surface area contributed by atoms with Crippen LogP contribution in [0.5, 0.6) is 0 Å². The number of carbonyl (C=O) groups excluding carboxylic acids is 1. The van der Waals surface area contributed by atoms with Gasteiger partial charge in [0.05, 0.1) is 0 Å². The molecule has 0 radical (unpaired) electrons. The lowest BCUT2D eigenvalue weighted by Gasteiger charge is -2.25. The number of esters is 1. The molecule has 0 N–H and O–H groups in total. The van der Waals surface area contributed by atoms with Crippen LogP contribution in [0.3, 0.4) is 0 Å². The Morgan fingerprint density at radius 2 is 1.75 bits per heavy atom. The molecule has 0 aliphatic heterocycles. The second kappa shape index (κ2) is 4.23. The van der Waals surface area contributed by atoms with E-state index in [1.54, 1.807) is 6.92 Å². The minimum atomic E-state index is -1.32. The maximum absolute atomic E-state index is 11.0. The maximum Gasteiger partial charge on any atom is 0.337 e. The molecule has 12 heavy (non-hydrogen) atoms. The van der Waals surface area contributed by atoms with Crippen LogP contribution in [0.2, 0.25) is 0 Å². The molecule has 0 saturated heterocycles. The molecule has 0 spiro atoms. The van der Waals surface area contributed by atoms with E-state index in [9.17, 15) is 4.79 Å². The van der Waals surface area contributed by atoms with Crippen LogP contribution in [0.15, 0.2) is 12.2 Å². The topological polar surface area (TPSA) is 44.8 Å². The van der Waals surface area contributed by atoms with Crippen LogP contribution in [0.4, 0.5) is 0 Å². The Morgan fingerprint density at radius 1 is 1.33 bits per heavy atom. The summed E-state index contributed by atoms with van der Waals surface area (Å²) in [6.07, 6.45) is 0. The molecule has 0 aromatic rings. The lowest BCUT2D eigenvalue weighted by molar-refractivity contribution is -0.331. The molecule has 4 heteroatoms. The smallest absolute Gasteiger partial charge is 0.337 e. The Morgan fingerprint density at radius 3 is 2.00 bits per heavy atom. The van der Waals surface area contributed by atoms with E-state index in [1.807, 2.05) is 0 Å². The summed E-state index contributed by atoms with van der Waals surface area (Å²) in [4.78, 5) is 11.0. The van der Waals surface area contributed by atoms with Gasteiger partial charge in [-0.2, -0.15) is 0 Å². The Hall–Kier alpha value is -0.870. The maximum atomic E-state index is 11.0. The molecule has 0 aromatic heterocycles. The largest absolute Gasteiger partial charge is 0.405 e. The lowest BCUT2D eigenvalue weighted by atomic mass is 10.4. The third kappa shape index (κ3) is 3.02. The van der Waals surface area contributed by atoms with Gasteiger partial charge < -0.3 is 14.2 Å². The summed E-state index contributed by atoms with van der Waals surface area (Å²) < 4.78 is 14.4. The van der Waals surface area contributed by atoms with Crippen LogP contribution in [0.25, 0.3) is 0 Å². The first-order valence-electron chi connectivity index (χ1n) is 3.44. The molecule has 0 saturated carbocycles. The second-order valence-electron chi connectivity index (χ2n) is 2.44. The average molecular weight is 174 g/mol. The number of hydrogen-bond acceptors (Lipinski definition) is 4. The molecule has 70 valence electrons. The van der Waals surface area contributed by atoms with Gasteiger partial charge in [0.25, 0.3) is 0 Å². The summed E-state index contributed by atoms with van der Waals surface area (Å²) in [5.74, 6) is -1.86. The van der Waals surface area contributed by atoms with Crippen molar-refractivity contribution in [3.63, 3.8) is 0 Å². The molecule has 0 rings (SSSR count). The molecular formula is C8H14O4. The molecule has 0 heterocycles. The molecule has 0 amide bonds. The van der Waals surface area contributed by atoms with Crippen molar-refractivity contribution in [1.82, 2.24) is 0 Å². The van der Waals surface area contributed by atoms with E-state index in [1.165, 1.54) is 21.1 Å². The summed E-state index contributed by atoms with van der Waals surface area (Å²) in [6, 6.07) is 0. The van der Waals surface area contributed by atoms with Crippen molar-refractivity contribution < 1.29 is 19.0 Å². The first-order valence-corrected chi connectivity index (χ1v) is 3.44. The SMILES string of the molecule is C=C(C)C(=O)OC(C)(OC)OC. The molecule has 0 bridgehead atoms. The van der Waals surface area contributed by atoms with Gasteiger partial charge in [0, 0.05) is 26.7 Å². The van der Waals surface area contributed by atoms with Gasteiger partial charge >= 0.3 is 11.9 Å². The van der Waals surface area contributed by atoms with Gasteiger partial charge in [-0.05, 0) is 6.92 Å². The number of ether oxygens (including phenoxy) is 3. The van der Waals surface area contributed by atoms with E-state index < -0.39 is 11.9 Å². The van der Waals surface area contributed by atoms with Gasteiger partial charge in [-0.25, -0.2) is 4.79 Å². The van der Waals surface area contributed by atoms with Gasteiger partial charge in [0.1, 0.15) is 0 Å². The van der Waals surface area contributed by atoms with Crippen LogP contribution in [0, 0.1) is 0 Å². The number of hydrogen-bond donors (Lipinski definition) is 0. The highest BCUT2D eigenvalue weighted by Gasteiger charge is 2.28. The minimum Gasteiger partial charge on any atom is -0.405 e. The van der Waals surface area contributed by atoms with Crippen molar-refractivity contribution in [2.45, 2.75) is 19.8 Å². The van der Waals surface area contributed by atoms with Gasteiger partial charge in [-0.1, -0.05) is 6.58 Å². The Bertz CT molecular complexity index is 181. The number of carbonyl (C=O) groups is 1. The first-order chi connectivity index (χ1) is 5.45. The fourth-order valence-electron chi connectivity index (χ4n) is 0.422. The van der Waals surface area contributed by atoms with Gasteiger partial charge in [0.2, 0.25) is 0 Å². The Labute approximate surface area is 72.1 Å². The van der Waals surface area contributed by atoms with E-state index in [0.717, 1.165) is 0 Å². The van der Waals surface area contributed by atoms with E-state index in [4.69, 9.17) is 14.2 Å². The highest BCUT2D eigenvalue weighted by atomic mass is 16.9. The van der Waals surface area contributed by atoms with E-state index in [2.05, 4.69) is 6.58 Å². The lowest BCUT2D eigenvalue weighted by Crippen LogP contribution is -2.35. The van der Waals surface area contributed by atoms with E-state index in [0.29, 0.717) is 5.57 Å². The zero-order chi connectivity index (χ0) is 9.78. The standard InChI is InChI=1S/C8H14O4/c1-6(2)7(9)12-8(3,10-4)11-5/h1H2,2-5H3. The molecular weight excluding hydrogens is 160 g/mol. The van der Waals surface area contributed by atoms with Crippen molar-refractivity contribution in [2.24, 2.45) is 0 Å². The molecule has 4 nitrogen and oxygen atoms in total. The monoisotopic (exact) mass is 174 g/mol. The molecule has 0 aliphatic rings.